The average Bonchev–Trinajstić information content (AvgIpc) is 2.70. The molecular formula is C17H25N3. The third kappa shape index (κ3) is 3.82. The highest BCUT2D eigenvalue weighted by Gasteiger charge is 2.21. The number of nitriles is 1. The van der Waals surface area contributed by atoms with Gasteiger partial charge in [-0.1, -0.05) is 24.3 Å². The molecule has 1 atom stereocenters. The van der Waals surface area contributed by atoms with Crippen molar-refractivity contribution in [3.8, 4) is 6.07 Å². The fraction of sp³-hybridized carbons (Fsp3) is 0.588. The molecule has 3 nitrogen and oxygen atoms in total. The van der Waals surface area contributed by atoms with Crippen molar-refractivity contribution in [3.63, 3.8) is 0 Å². The zero-order valence-electron chi connectivity index (χ0n) is 12.7. The zero-order valence-corrected chi connectivity index (χ0v) is 12.7. The van der Waals surface area contributed by atoms with Crippen molar-refractivity contribution in [1.82, 2.24) is 10.2 Å². The predicted molar refractivity (Wildman–Crippen MR) is 82.6 cm³/mol. The topological polar surface area (TPSA) is 39.1 Å². The van der Waals surface area contributed by atoms with Gasteiger partial charge in [0, 0.05) is 13.1 Å². The summed E-state index contributed by atoms with van der Waals surface area (Å²) in [6, 6.07) is 11.2. The normalized spacial score (nSPS) is 18.6. The van der Waals surface area contributed by atoms with Crippen molar-refractivity contribution in [2.75, 3.05) is 26.7 Å². The molecule has 1 aliphatic rings. The molecule has 1 unspecified atom stereocenters. The molecule has 2 rings (SSSR count). The molecule has 1 heterocycles. The minimum absolute atomic E-state index is 0.380. The summed E-state index contributed by atoms with van der Waals surface area (Å²) in [5.41, 5.74) is 2.63. The molecule has 108 valence electrons. The lowest BCUT2D eigenvalue weighted by molar-refractivity contribution is 0.270. The molecule has 0 spiro atoms. The number of rotatable bonds is 5. The van der Waals surface area contributed by atoms with Crippen LogP contribution in [0.4, 0.5) is 0 Å². The van der Waals surface area contributed by atoms with Crippen LogP contribution in [-0.4, -0.2) is 37.1 Å². The molecule has 1 aromatic carbocycles. The van der Waals surface area contributed by atoms with E-state index in [0.717, 1.165) is 45.3 Å². The van der Waals surface area contributed by atoms with Gasteiger partial charge in [0.1, 0.15) is 5.54 Å². The Hall–Kier alpha value is -1.37. The molecule has 1 N–H and O–H groups in total. The van der Waals surface area contributed by atoms with Crippen LogP contribution >= 0.6 is 0 Å². The first-order chi connectivity index (χ1) is 9.67. The first-order valence-corrected chi connectivity index (χ1v) is 7.56. The van der Waals surface area contributed by atoms with E-state index in [2.05, 4.69) is 40.6 Å². The maximum absolute atomic E-state index is 9.16. The summed E-state index contributed by atoms with van der Waals surface area (Å²) in [5, 5.41) is 12.3. The van der Waals surface area contributed by atoms with Gasteiger partial charge < -0.3 is 10.2 Å². The highest BCUT2D eigenvalue weighted by atomic mass is 15.1. The van der Waals surface area contributed by atoms with Crippen LogP contribution in [0.1, 0.15) is 30.9 Å². The van der Waals surface area contributed by atoms with Crippen LogP contribution < -0.4 is 5.32 Å². The summed E-state index contributed by atoms with van der Waals surface area (Å²) in [6.45, 7) is 5.35. The van der Waals surface area contributed by atoms with Gasteiger partial charge in [-0.2, -0.15) is 5.26 Å². The molecule has 1 aliphatic heterocycles. The summed E-state index contributed by atoms with van der Waals surface area (Å²) in [7, 11) is 1.87. The fourth-order valence-electron chi connectivity index (χ4n) is 2.83. The first-order valence-electron chi connectivity index (χ1n) is 7.56. The molecule has 20 heavy (non-hydrogen) atoms. The highest BCUT2D eigenvalue weighted by Crippen LogP contribution is 2.17. The van der Waals surface area contributed by atoms with Crippen molar-refractivity contribution in [2.24, 2.45) is 0 Å². The van der Waals surface area contributed by atoms with Crippen molar-refractivity contribution < 1.29 is 0 Å². The Labute approximate surface area is 122 Å². The molecule has 0 saturated heterocycles. The summed E-state index contributed by atoms with van der Waals surface area (Å²) >= 11 is 0. The van der Waals surface area contributed by atoms with Crippen molar-refractivity contribution in [3.05, 3.63) is 35.4 Å². The summed E-state index contributed by atoms with van der Waals surface area (Å²) in [4.78, 5) is 2.54. The standard InChI is InChI=1S/C17H25N3/c1-17(14-18,19-2)10-5-11-20-12-8-15-6-3-4-7-16(15)9-13-20/h3-4,6-7,19H,5,8-13H2,1-2H3. The van der Waals surface area contributed by atoms with E-state index in [0.29, 0.717) is 0 Å². The van der Waals surface area contributed by atoms with E-state index in [4.69, 9.17) is 5.26 Å². The van der Waals surface area contributed by atoms with Gasteiger partial charge in [-0.15, -0.1) is 0 Å². The highest BCUT2D eigenvalue weighted by molar-refractivity contribution is 5.28. The SMILES string of the molecule is CNC(C)(C#N)CCCN1CCc2ccccc2CC1. The van der Waals surface area contributed by atoms with Gasteiger partial charge in [0.15, 0.2) is 0 Å². The van der Waals surface area contributed by atoms with Gasteiger partial charge in [0.05, 0.1) is 6.07 Å². The summed E-state index contributed by atoms with van der Waals surface area (Å²) in [5.74, 6) is 0. The van der Waals surface area contributed by atoms with Gasteiger partial charge >= 0.3 is 0 Å². The van der Waals surface area contributed by atoms with Gasteiger partial charge in [-0.3, -0.25) is 0 Å². The number of fused-ring (bicyclic) bond motifs is 1. The summed E-state index contributed by atoms with van der Waals surface area (Å²) in [6.07, 6.45) is 4.28. The largest absolute Gasteiger partial charge is 0.303 e. The quantitative estimate of drug-likeness (QED) is 0.893. The Morgan fingerprint density at radius 3 is 2.35 bits per heavy atom. The minimum Gasteiger partial charge on any atom is -0.303 e. The molecule has 3 heteroatoms. The van der Waals surface area contributed by atoms with Crippen LogP contribution in [0.2, 0.25) is 0 Å². The second-order valence-corrected chi connectivity index (χ2v) is 5.91. The van der Waals surface area contributed by atoms with Gasteiger partial charge in [-0.05, 0) is 57.3 Å². The third-order valence-corrected chi connectivity index (χ3v) is 4.46. The van der Waals surface area contributed by atoms with E-state index in [1.54, 1.807) is 0 Å². The van der Waals surface area contributed by atoms with Crippen LogP contribution in [0.15, 0.2) is 24.3 Å². The predicted octanol–water partition coefficient (Wildman–Crippen LogP) is 2.37. The van der Waals surface area contributed by atoms with Gasteiger partial charge in [0.2, 0.25) is 0 Å². The van der Waals surface area contributed by atoms with Crippen molar-refractivity contribution >= 4 is 0 Å². The maximum Gasteiger partial charge on any atom is 0.103 e. The second-order valence-electron chi connectivity index (χ2n) is 5.91. The number of nitrogens with one attached hydrogen (secondary N) is 1. The number of hydrogen-bond acceptors (Lipinski definition) is 3. The Morgan fingerprint density at radius 2 is 1.85 bits per heavy atom. The lowest BCUT2D eigenvalue weighted by Gasteiger charge is -2.24. The van der Waals surface area contributed by atoms with E-state index in [9.17, 15) is 0 Å². The molecule has 0 amide bonds. The summed E-state index contributed by atoms with van der Waals surface area (Å²) < 4.78 is 0. The number of hydrogen-bond donors (Lipinski definition) is 1. The molecule has 0 aliphatic carbocycles. The Morgan fingerprint density at radius 1 is 1.25 bits per heavy atom. The lowest BCUT2D eigenvalue weighted by atomic mass is 9.98. The minimum atomic E-state index is -0.380. The molecule has 0 saturated carbocycles. The average molecular weight is 271 g/mol. The van der Waals surface area contributed by atoms with Gasteiger partial charge in [-0.25, -0.2) is 0 Å². The van der Waals surface area contributed by atoms with Crippen molar-refractivity contribution in [1.29, 1.82) is 5.26 Å². The second kappa shape index (κ2) is 6.88. The maximum atomic E-state index is 9.16. The molecule has 0 fully saturated rings. The van der Waals surface area contributed by atoms with E-state index >= 15 is 0 Å². The Kier molecular flexibility index (Phi) is 5.17. The van der Waals surface area contributed by atoms with Crippen LogP contribution in [0.3, 0.4) is 0 Å². The molecule has 0 aromatic heterocycles. The van der Waals surface area contributed by atoms with Crippen LogP contribution in [-0.2, 0) is 12.8 Å². The molecule has 0 bridgehead atoms. The van der Waals surface area contributed by atoms with E-state index in [1.807, 2.05) is 14.0 Å². The monoisotopic (exact) mass is 271 g/mol. The number of benzene rings is 1. The molecule has 0 radical (unpaired) electrons. The first kappa shape index (κ1) is 15.0. The fourth-order valence-corrected chi connectivity index (χ4v) is 2.83. The zero-order chi connectivity index (χ0) is 14.4. The van der Waals surface area contributed by atoms with Crippen LogP contribution in [0.5, 0.6) is 0 Å². The van der Waals surface area contributed by atoms with E-state index < -0.39 is 0 Å². The van der Waals surface area contributed by atoms with E-state index in [1.165, 1.54) is 11.1 Å². The van der Waals surface area contributed by atoms with E-state index in [-0.39, 0.29) is 5.54 Å². The Balaban J connectivity index is 1.81. The van der Waals surface area contributed by atoms with Crippen LogP contribution in [0, 0.1) is 11.3 Å². The molecular weight excluding hydrogens is 246 g/mol. The van der Waals surface area contributed by atoms with Crippen LogP contribution in [0.25, 0.3) is 0 Å². The Bertz CT molecular complexity index is 450. The third-order valence-electron chi connectivity index (χ3n) is 4.46. The smallest absolute Gasteiger partial charge is 0.103 e. The van der Waals surface area contributed by atoms with Gasteiger partial charge in [0.25, 0.3) is 0 Å². The van der Waals surface area contributed by atoms with Crippen molar-refractivity contribution in [2.45, 2.75) is 38.1 Å². The molecule has 1 aromatic rings. The lowest BCUT2D eigenvalue weighted by Crippen LogP contribution is -2.39. The number of nitrogens with zero attached hydrogens (tertiary/aromatic N) is 2.